The summed E-state index contributed by atoms with van der Waals surface area (Å²) < 4.78 is 11.0. The van der Waals surface area contributed by atoms with Crippen LogP contribution in [-0.4, -0.2) is 67.0 Å². The van der Waals surface area contributed by atoms with Crippen LogP contribution in [0.5, 0.6) is 5.75 Å². The molecular weight excluding hydrogens is 414 g/mol. The topological polar surface area (TPSA) is 112 Å². The van der Waals surface area contributed by atoms with Crippen molar-refractivity contribution in [3.05, 3.63) is 53.5 Å². The van der Waals surface area contributed by atoms with Crippen LogP contribution in [0.2, 0.25) is 0 Å². The maximum absolute atomic E-state index is 12.3. The number of carbonyl (C=O) groups is 3. The minimum absolute atomic E-state index is 0.0754. The Morgan fingerprint density at radius 2 is 1.88 bits per heavy atom. The zero-order valence-electron chi connectivity index (χ0n) is 18.5. The predicted molar refractivity (Wildman–Crippen MR) is 116 cm³/mol. The van der Waals surface area contributed by atoms with Crippen LogP contribution in [0.25, 0.3) is 0 Å². The van der Waals surface area contributed by atoms with E-state index in [9.17, 15) is 9.59 Å². The number of nitrogens with zero attached hydrogens (tertiary/aromatic N) is 2. The van der Waals surface area contributed by atoms with E-state index in [1.165, 1.54) is 0 Å². The van der Waals surface area contributed by atoms with Crippen molar-refractivity contribution in [3.8, 4) is 5.75 Å². The van der Waals surface area contributed by atoms with Gasteiger partial charge in [-0.05, 0) is 35.7 Å². The number of likely N-dealkylation sites (tertiary alicyclic amines) is 2. The molecule has 4 rings (SSSR count). The second kappa shape index (κ2) is 10.3. The molecule has 0 spiro atoms. The SMILES string of the molecule is CNC(=O)c1ccc(CN2C[C@@H]3CN(C(C)=O)[C@@H](c4ccc(OC)cc4)[C@@H]3C2)o1.O=CO. The predicted octanol–water partition coefficient (Wildman–Crippen LogP) is 2.00. The summed E-state index contributed by atoms with van der Waals surface area (Å²) in [5, 5.41) is 9.46. The normalized spacial score (nSPS) is 22.0. The molecule has 2 N–H and O–H groups in total. The summed E-state index contributed by atoms with van der Waals surface area (Å²) in [6, 6.07) is 11.7. The van der Waals surface area contributed by atoms with Crippen LogP contribution < -0.4 is 10.1 Å². The van der Waals surface area contributed by atoms with Crippen molar-refractivity contribution in [3.63, 3.8) is 0 Å². The molecule has 0 radical (unpaired) electrons. The fourth-order valence-electron chi connectivity index (χ4n) is 4.75. The monoisotopic (exact) mass is 443 g/mol. The van der Waals surface area contributed by atoms with Gasteiger partial charge in [-0.1, -0.05) is 12.1 Å². The molecule has 32 heavy (non-hydrogen) atoms. The number of benzene rings is 1. The summed E-state index contributed by atoms with van der Waals surface area (Å²) in [4.78, 5) is 36.7. The molecule has 9 heteroatoms. The number of furan rings is 1. The first-order chi connectivity index (χ1) is 15.4. The van der Waals surface area contributed by atoms with Crippen molar-refractivity contribution < 1.29 is 28.6 Å². The Balaban J connectivity index is 0.000000913. The van der Waals surface area contributed by atoms with Gasteiger partial charge in [0.25, 0.3) is 12.4 Å². The van der Waals surface area contributed by atoms with Crippen LogP contribution in [0.15, 0.2) is 40.8 Å². The number of hydrogen-bond acceptors (Lipinski definition) is 6. The van der Waals surface area contributed by atoms with Gasteiger partial charge in [0, 0.05) is 39.5 Å². The van der Waals surface area contributed by atoms with E-state index in [-0.39, 0.29) is 24.3 Å². The first-order valence-corrected chi connectivity index (χ1v) is 10.4. The van der Waals surface area contributed by atoms with Gasteiger partial charge in [0.2, 0.25) is 5.91 Å². The zero-order chi connectivity index (χ0) is 23.3. The Hall–Kier alpha value is -3.33. The highest BCUT2D eigenvalue weighted by atomic mass is 16.5. The maximum Gasteiger partial charge on any atom is 0.290 e. The third-order valence-electron chi connectivity index (χ3n) is 6.09. The van der Waals surface area contributed by atoms with E-state index in [1.54, 1.807) is 27.1 Å². The van der Waals surface area contributed by atoms with Crippen LogP contribution in [0, 0.1) is 11.8 Å². The van der Waals surface area contributed by atoms with Gasteiger partial charge >= 0.3 is 0 Å². The van der Waals surface area contributed by atoms with Crippen molar-refractivity contribution in [2.45, 2.75) is 19.5 Å². The van der Waals surface area contributed by atoms with Crippen LogP contribution in [0.1, 0.15) is 34.8 Å². The third-order valence-corrected chi connectivity index (χ3v) is 6.09. The van der Waals surface area contributed by atoms with Crippen LogP contribution >= 0.6 is 0 Å². The van der Waals surface area contributed by atoms with Crippen LogP contribution in [0.4, 0.5) is 0 Å². The summed E-state index contributed by atoms with van der Waals surface area (Å²) in [7, 11) is 3.24. The summed E-state index contributed by atoms with van der Waals surface area (Å²) in [5.74, 6) is 2.64. The number of carbonyl (C=O) groups excluding carboxylic acids is 2. The maximum atomic E-state index is 12.3. The standard InChI is InChI=1S/C22H27N3O4.CH2O2/c1-14(26)25-11-16-10-24(12-18-8-9-20(29-18)22(27)23-2)13-19(16)21(25)15-4-6-17(28-3)7-5-15;2-1-3/h4-9,16,19,21H,10-13H2,1-3H3,(H,23,27);1H,(H,2,3)/t16-,19-,21+;/m1./s1. The Labute approximate surface area is 186 Å². The van der Waals surface area contributed by atoms with E-state index in [1.807, 2.05) is 23.1 Å². The number of carboxylic acid groups (broad SMARTS) is 1. The lowest BCUT2D eigenvalue weighted by Gasteiger charge is -2.29. The number of fused-ring (bicyclic) bond motifs is 1. The van der Waals surface area contributed by atoms with Gasteiger partial charge in [-0.3, -0.25) is 19.3 Å². The Kier molecular flexibility index (Phi) is 7.53. The molecule has 2 saturated heterocycles. The quantitative estimate of drug-likeness (QED) is 0.680. The Morgan fingerprint density at radius 3 is 2.47 bits per heavy atom. The molecule has 2 aliphatic heterocycles. The molecule has 172 valence electrons. The highest BCUT2D eigenvalue weighted by Crippen LogP contribution is 2.45. The molecular formula is C23H29N3O6. The fraction of sp³-hybridized carbons (Fsp3) is 0.435. The number of ether oxygens (including phenoxy) is 1. The number of hydrogen-bond donors (Lipinski definition) is 2. The number of nitrogens with one attached hydrogen (secondary N) is 1. The smallest absolute Gasteiger partial charge is 0.290 e. The van der Waals surface area contributed by atoms with Gasteiger partial charge in [0.05, 0.1) is 19.7 Å². The lowest BCUT2D eigenvalue weighted by molar-refractivity contribution is -0.130. The summed E-state index contributed by atoms with van der Waals surface area (Å²) in [6.07, 6.45) is 0. The lowest BCUT2D eigenvalue weighted by Crippen LogP contribution is -2.34. The van der Waals surface area contributed by atoms with Gasteiger partial charge in [-0.25, -0.2) is 0 Å². The molecule has 1 aromatic heterocycles. The van der Waals surface area contributed by atoms with Gasteiger partial charge < -0.3 is 24.5 Å². The van der Waals surface area contributed by atoms with Crippen molar-refractivity contribution >= 4 is 18.3 Å². The molecule has 2 amide bonds. The third kappa shape index (κ3) is 4.94. The van der Waals surface area contributed by atoms with E-state index in [0.29, 0.717) is 24.1 Å². The minimum Gasteiger partial charge on any atom is -0.497 e. The van der Waals surface area contributed by atoms with E-state index in [0.717, 1.165) is 36.7 Å². The van der Waals surface area contributed by atoms with Crippen molar-refractivity contribution in [2.24, 2.45) is 11.8 Å². The number of rotatable bonds is 5. The molecule has 0 bridgehead atoms. The summed E-state index contributed by atoms with van der Waals surface area (Å²) in [6.45, 7) is 4.64. The molecule has 0 aliphatic carbocycles. The van der Waals surface area contributed by atoms with Crippen molar-refractivity contribution in [1.82, 2.24) is 15.1 Å². The average molecular weight is 444 g/mol. The first kappa shape index (κ1) is 23.3. The first-order valence-electron chi connectivity index (χ1n) is 10.4. The second-order valence-corrected chi connectivity index (χ2v) is 7.96. The summed E-state index contributed by atoms with van der Waals surface area (Å²) >= 11 is 0. The number of methoxy groups -OCH3 is 1. The lowest BCUT2D eigenvalue weighted by atomic mass is 9.89. The second-order valence-electron chi connectivity index (χ2n) is 7.96. The van der Waals surface area contributed by atoms with Gasteiger partial charge in [0.1, 0.15) is 11.5 Å². The highest BCUT2D eigenvalue weighted by Gasteiger charge is 2.48. The fourth-order valence-corrected chi connectivity index (χ4v) is 4.75. The van der Waals surface area contributed by atoms with Gasteiger partial charge in [-0.2, -0.15) is 0 Å². The summed E-state index contributed by atoms with van der Waals surface area (Å²) in [5.41, 5.74) is 1.15. The zero-order valence-corrected chi connectivity index (χ0v) is 18.5. The molecule has 2 aromatic rings. The van der Waals surface area contributed by atoms with E-state index in [4.69, 9.17) is 19.1 Å². The Bertz CT molecular complexity index is 941. The molecule has 1 aromatic carbocycles. The molecule has 2 aliphatic rings. The van der Waals surface area contributed by atoms with E-state index in [2.05, 4.69) is 22.3 Å². The van der Waals surface area contributed by atoms with E-state index >= 15 is 0 Å². The molecule has 9 nitrogen and oxygen atoms in total. The van der Waals surface area contributed by atoms with Gasteiger partial charge in [-0.15, -0.1) is 0 Å². The molecule has 0 unspecified atom stereocenters. The van der Waals surface area contributed by atoms with Gasteiger partial charge in [0.15, 0.2) is 5.76 Å². The largest absolute Gasteiger partial charge is 0.497 e. The Morgan fingerprint density at radius 1 is 1.19 bits per heavy atom. The molecule has 3 heterocycles. The van der Waals surface area contributed by atoms with Crippen LogP contribution in [-0.2, 0) is 16.1 Å². The number of amides is 2. The average Bonchev–Trinajstić information content (AvgIpc) is 3.48. The van der Waals surface area contributed by atoms with Crippen molar-refractivity contribution in [2.75, 3.05) is 33.8 Å². The molecule has 0 saturated carbocycles. The molecule has 3 atom stereocenters. The minimum atomic E-state index is -0.250. The molecule has 2 fully saturated rings. The van der Waals surface area contributed by atoms with Crippen LogP contribution in [0.3, 0.4) is 0 Å². The van der Waals surface area contributed by atoms with E-state index < -0.39 is 0 Å². The highest BCUT2D eigenvalue weighted by molar-refractivity contribution is 5.91. The van der Waals surface area contributed by atoms with Crippen molar-refractivity contribution in [1.29, 1.82) is 0 Å².